The number of benzene rings is 2. The third-order valence-corrected chi connectivity index (χ3v) is 5.52. The number of aliphatic carboxylic acids is 1. The quantitative estimate of drug-likeness (QED) is 0.603. The molecule has 1 aliphatic rings. The van der Waals surface area contributed by atoms with E-state index in [1.165, 1.54) is 5.01 Å². The van der Waals surface area contributed by atoms with Crippen LogP contribution in [0.2, 0.25) is 5.15 Å². The smallest absolute Gasteiger partial charge is 0.303 e. The Morgan fingerprint density at radius 2 is 1.90 bits per heavy atom. The highest BCUT2D eigenvalue weighted by Crippen LogP contribution is 2.37. The number of aromatic nitrogens is 1. The van der Waals surface area contributed by atoms with Gasteiger partial charge in [-0.1, -0.05) is 60.1 Å². The molecule has 1 amide bonds. The van der Waals surface area contributed by atoms with Crippen LogP contribution in [-0.2, 0) is 9.59 Å². The number of carboxylic acid groups (broad SMARTS) is 1. The molecule has 0 saturated carbocycles. The van der Waals surface area contributed by atoms with Crippen LogP contribution >= 0.6 is 11.6 Å². The van der Waals surface area contributed by atoms with E-state index in [0.29, 0.717) is 17.1 Å². The maximum absolute atomic E-state index is 12.8. The summed E-state index contributed by atoms with van der Waals surface area (Å²) in [6, 6.07) is 17.0. The number of carboxylic acids is 1. The molecule has 0 radical (unpaired) electrons. The molecule has 7 heteroatoms. The van der Waals surface area contributed by atoms with Crippen LogP contribution in [0.1, 0.15) is 42.0 Å². The van der Waals surface area contributed by atoms with Crippen molar-refractivity contribution in [2.45, 2.75) is 32.2 Å². The standard InChI is InChI=1S/C23H20ClN3O3/c1-14-6-5-9-16-12-17(23(24)25-22(14)16)19-13-18(15-7-3-2-4-8-15)26-27(19)20(28)10-11-21(29)30/h2-9,12,19H,10-11,13H2,1H3,(H,29,30). The molecule has 1 N–H and O–H groups in total. The molecule has 6 nitrogen and oxygen atoms in total. The Balaban J connectivity index is 1.75. The van der Waals surface area contributed by atoms with Crippen LogP contribution in [0, 0.1) is 6.92 Å². The molecule has 30 heavy (non-hydrogen) atoms. The largest absolute Gasteiger partial charge is 0.481 e. The molecule has 2 heterocycles. The van der Waals surface area contributed by atoms with Crippen molar-refractivity contribution < 1.29 is 14.7 Å². The second-order valence-electron chi connectivity index (χ2n) is 7.28. The van der Waals surface area contributed by atoms with E-state index in [2.05, 4.69) is 10.1 Å². The van der Waals surface area contributed by atoms with Crippen LogP contribution < -0.4 is 0 Å². The van der Waals surface area contributed by atoms with Gasteiger partial charge in [-0.25, -0.2) is 9.99 Å². The van der Waals surface area contributed by atoms with E-state index in [4.69, 9.17) is 16.7 Å². The van der Waals surface area contributed by atoms with E-state index in [1.54, 1.807) is 0 Å². The van der Waals surface area contributed by atoms with Crippen molar-refractivity contribution in [3.05, 3.63) is 76.4 Å². The van der Waals surface area contributed by atoms with Crippen molar-refractivity contribution in [2.24, 2.45) is 5.10 Å². The Morgan fingerprint density at radius 1 is 1.13 bits per heavy atom. The van der Waals surface area contributed by atoms with Crippen molar-refractivity contribution in [3.63, 3.8) is 0 Å². The SMILES string of the molecule is Cc1cccc2cc(C3CC(c4ccccc4)=NN3C(=O)CCC(=O)O)c(Cl)nc12. The summed E-state index contributed by atoms with van der Waals surface area (Å²) in [5.41, 5.74) is 4.20. The topological polar surface area (TPSA) is 82.9 Å². The lowest BCUT2D eigenvalue weighted by Gasteiger charge is -2.23. The van der Waals surface area contributed by atoms with Gasteiger partial charge in [-0.3, -0.25) is 9.59 Å². The number of rotatable bonds is 5. The first-order valence-electron chi connectivity index (χ1n) is 9.66. The summed E-state index contributed by atoms with van der Waals surface area (Å²) >= 11 is 6.55. The lowest BCUT2D eigenvalue weighted by atomic mass is 9.98. The lowest BCUT2D eigenvalue weighted by molar-refractivity contribution is -0.141. The van der Waals surface area contributed by atoms with E-state index >= 15 is 0 Å². The van der Waals surface area contributed by atoms with Gasteiger partial charge in [-0.05, 0) is 24.1 Å². The van der Waals surface area contributed by atoms with Gasteiger partial charge >= 0.3 is 5.97 Å². The van der Waals surface area contributed by atoms with E-state index in [9.17, 15) is 9.59 Å². The average molecular weight is 422 g/mol. The van der Waals surface area contributed by atoms with E-state index in [-0.39, 0.29) is 18.7 Å². The highest BCUT2D eigenvalue weighted by atomic mass is 35.5. The number of amides is 1. The van der Waals surface area contributed by atoms with Crippen LogP contribution in [0.5, 0.6) is 0 Å². The predicted molar refractivity (Wildman–Crippen MR) is 116 cm³/mol. The number of pyridine rings is 1. The Labute approximate surface area is 178 Å². The first-order valence-corrected chi connectivity index (χ1v) is 10.0. The number of nitrogens with zero attached hydrogens (tertiary/aromatic N) is 3. The zero-order valence-corrected chi connectivity index (χ0v) is 17.1. The van der Waals surface area contributed by atoms with Gasteiger partial charge in [0, 0.05) is 23.8 Å². The molecule has 0 aliphatic carbocycles. The Morgan fingerprint density at radius 3 is 2.63 bits per heavy atom. The summed E-state index contributed by atoms with van der Waals surface area (Å²) in [5, 5.41) is 16.1. The van der Waals surface area contributed by atoms with Crippen molar-refractivity contribution in [1.29, 1.82) is 0 Å². The maximum Gasteiger partial charge on any atom is 0.303 e. The van der Waals surface area contributed by atoms with Crippen LogP contribution in [0.3, 0.4) is 0 Å². The monoisotopic (exact) mass is 421 g/mol. The summed E-state index contributed by atoms with van der Waals surface area (Å²) in [4.78, 5) is 28.4. The van der Waals surface area contributed by atoms with E-state index in [1.807, 2.05) is 61.5 Å². The van der Waals surface area contributed by atoms with Crippen LogP contribution in [0.25, 0.3) is 10.9 Å². The maximum atomic E-state index is 12.8. The molecule has 1 aliphatic heterocycles. The second-order valence-corrected chi connectivity index (χ2v) is 7.64. The highest BCUT2D eigenvalue weighted by molar-refractivity contribution is 6.30. The lowest BCUT2D eigenvalue weighted by Crippen LogP contribution is -2.27. The fourth-order valence-electron chi connectivity index (χ4n) is 3.69. The minimum Gasteiger partial charge on any atom is -0.481 e. The third-order valence-electron chi connectivity index (χ3n) is 5.21. The zero-order valence-electron chi connectivity index (χ0n) is 16.4. The number of fused-ring (bicyclic) bond motifs is 1. The molecular formula is C23H20ClN3O3. The Kier molecular flexibility index (Phi) is 5.50. The van der Waals surface area contributed by atoms with E-state index in [0.717, 1.165) is 27.7 Å². The van der Waals surface area contributed by atoms with Gasteiger partial charge in [0.2, 0.25) is 5.91 Å². The van der Waals surface area contributed by atoms with Crippen molar-refractivity contribution >= 4 is 40.1 Å². The summed E-state index contributed by atoms with van der Waals surface area (Å²) in [6.45, 7) is 1.97. The number of halogens is 1. The molecule has 1 unspecified atom stereocenters. The summed E-state index contributed by atoms with van der Waals surface area (Å²) in [5.74, 6) is -1.37. The minimum absolute atomic E-state index is 0.130. The Bertz CT molecular complexity index is 1160. The molecule has 1 aromatic heterocycles. The van der Waals surface area contributed by atoms with Gasteiger partial charge in [0.05, 0.1) is 23.7 Å². The number of hydrazone groups is 1. The molecule has 2 aromatic carbocycles. The van der Waals surface area contributed by atoms with Gasteiger partial charge in [0.1, 0.15) is 5.15 Å². The fourth-order valence-corrected chi connectivity index (χ4v) is 3.96. The third kappa shape index (κ3) is 3.91. The first kappa shape index (κ1) is 20.0. The molecule has 3 aromatic rings. The van der Waals surface area contributed by atoms with Gasteiger partial charge in [0.25, 0.3) is 0 Å². The second kappa shape index (κ2) is 8.24. The highest BCUT2D eigenvalue weighted by Gasteiger charge is 2.34. The summed E-state index contributed by atoms with van der Waals surface area (Å²) in [7, 11) is 0. The molecule has 1 atom stereocenters. The van der Waals surface area contributed by atoms with Gasteiger partial charge < -0.3 is 5.11 Å². The Hall–Kier alpha value is -3.25. The normalized spacial score (nSPS) is 16.0. The molecule has 152 valence electrons. The number of carbonyl (C=O) groups excluding carboxylic acids is 1. The van der Waals surface area contributed by atoms with Crippen molar-refractivity contribution in [2.75, 3.05) is 0 Å². The van der Waals surface area contributed by atoms with Crippen LogP contribution in [-0.4, -0.2) is 32.7 Å². The molecule has 4 rings (SSSR count). The zero-order chi connectivity index (χ0) is 21.3. The predicted octanol–water partition coefficient (Wildman–Crippen LogP) is 4.74. The molecule has 0 fully saturated rings. The molecular weight excluding hydrogens is 402 g/mol. The van der Waals surface area contributed by atoms with Gasteiger partial charge in [0.15, 0.2) is 0 Å². The van der Waals surface area contributed by atoms with Crippen molar-refractivity contribution in [3.8, 4) is 0 Å². The van der Waals surface area contributed by atoms with Gasteiger partial charge in [-0.2, -0.15) is 5.10 Å². The van der Waals surface area contributed by atoms with Crippen LogP contribution in [0.4, 0.5) is 0 Å². The number of hydrogen-bond donors (Lipinski definition) is 1. The molecule has 0 saturated heterocycles. The number of carbonyl (C=O) groups is 2. The number of hydrogen-bond acceptors (Lipinski definition) is 4. The van der Waals surface area contributed by atoms with Crippen LogP contribution in [0.15, 0.2) is 59.7 Å². The molecule has 0 spiro atoms. The summed E-state index contributed by atoms with van der Waals surface area (Å²) in [6.07, 6.45) is 0.0951. The first-order chi connectivity index (χ1) is 14.4. The molecule has 0 bridgehead atoms. The fraction of sp³-hybridized carbons (Fsp3) is 0.217. The van der Waals surface area contributed by atoms with Gasteiger partial charge in [-0.15, -0.1) is 0 Å². The van der Waals surface area contributed by atoms with Crippen molar-refractivity contribution in [1.82, 2.24) is 9.99 Å². The van der Waals surface area contributed by atoms with E-state index < -0.39 is 12.0 Å². The average Bonchev–Trinajstić information content (AvgIpc) is 3.18. The minimum atomic E-state index is -1.02. The number of para-hydroxylation sites is 1. The summed E-state index contributed by atoms with van der Waals surface area (Å²) < 4.78 is 0. The number of aryl methyl sites for hydroxylation is 1.